The Labute approximate surface area is 214 Å². The zero-order chi connectivity index (χ0) is 24.8. The molecule has 4 rings (SSSR count). The molecule has 0 bridgehead atoms. The number of nitro groups is 1. The number of fused-ring (bicyclic) bond motifs is 1. The van der Waals surface area contributed by atoms with E-state index in [9.17, 15) is 14.9 Å². The third kappa shape index (κ3) is 6.03. The lowest BCUT2D eigenvalue weighted by atomic mass is 10.1. The van der Waals surface area contributed by atoms with Crippen molar-refractivity contribution in [3.63, 3.8) is 0 Å². The van der Waals surface area contributed by atoms with Crippen LogP contribution in [0.4, 0.5) is 5.69 Å². The van der Waals surface area contributed by atoms with Gasteiger partial charge in [-0.05, 0) is 50.0 Å². The molecule has 0 aliphatic rings. The van der Waals surface area contributed by atoms with Gasteiger partial charge in [0.2, 0.25) is 5.91 Å². The number of carbonyl (C=O) groups is 1. The number of para-hydroxylation sites is 1. The van der Waals surface area contributed by atoms with E-state index in [0.29, 0.717) is 33.0 Å². The Morgan fingerprint density at radius 3 is 2.57 bits per heavy atom. The van der Waals surface area contributed by atoms with Crippen molar-refractivity contribution in [2.24, 2.45) is 5.10 Å². The minimum atomic E-state index is -0.519. The van der Waals surface area contributed by atoms with Crippen LogP contribution < -0.4 is 10.2 Å². The topological polar surface area (TPSA) is 93.8 Å². The number of nitro benzene ring substituents is 1. The normalized spacial score (nSPS) is 11.0. The molecular formula is C26H19BrClN3O4. The summed E-state index contributed by atoms with van der Waals surface area (Å²) >= 11 is 9.93. The summed E-state index contributed by atoms with van der Waals surface area (Å²) in [5.74, 6) is 0.0212. The quantitative estimate of drug-likeness (QED) is 0.155. The molecule has 4 aromatic rings. The number of hydrogen-bond donors (Lipinski definition) is 1. The van der Waals surface area contributed by atoms with Gasteiger partial charge < -0.3 is 4.74 Å². The van der Waals surface area contributed by atoms with Crippen LogP contribution in [0.1, 0.15) is 16.7 Å². The molecule has 0 heterocycles. The number of benzene rings is 4. The Morgan fingerprint density at radius 2 is 1.77 bits per heavy atom. The predicted octanol–water partition coefficient (Wildman–Crippen LogP) is 6.44. The molecule has 9 heteroatoms. The molecule has 0 radical (unpaired) electrons. The first-order valence-electron chi connectivity index (χ1n) is 10.5. The first-order chi connectivity index (χ1) is 16.9. The Hall–Kier alpha value is -3.75. The second kappa shape index (κ2) is 11.1. The molecule has 0 spiro atoms. The third-order valence-electron chi connectivity index (χ3n) is 5.21. The number of nitrogens with zero attached hydrogens (tertiary/aromatic N) is 2. The average Bonchev–Trinajstić information content (AvgIpc) is 2.84. The molecule has 1 N–H and O–H groups in total. The molecule has 0 atom stereocenters. The maximum absolute atomic E-state index is 12.2. The van der Waals surface area contributed by atoms with Crippen LogP contribution in [-0.4, -0.2) is 17.0 Å². The molecule has 176 valence electrons. The van der Waals surface area contributed by atoms with Crippen LogP contribution in [0.2, 0.25) is 5.02 Å². The molecule has 0 aliphatic heterocycles. The fourth-order valence-corrected chi connectivity index (χ4v) is 4.58. The lowest BCUT2D eigenvalue weighted by Crippen LogP contribution is -2.20. The van der Waals surface area contributed by atoms with Gasteiger partial charge in [-0.25, -0.2) is 5.43 Å². The van der Waals surface area contributed by atoms with Gasteiger partial charge >= 0.3 is 0 Å². The van der Waals surface area contributed by atoms with E-state index in [0.717, 1.165) is 16.3 Å². The maximum Gasteiger partial charge on any atom is 0.273 e. The summed E-state index contributed by atoms with van der Waals surface area (Å²) in [6.45, 7) is 0.342. The van der Waals surface area contributed by atoms with Crippen molar-refractivity contribution in [1.29, 1.82) is 0 Å². The molecular weight excluding hydrogens is 534 g/mol. The maximum atomic E-state index is 12.2. The van der Waals surface area contributed by atoms with Crippen LogP contribution >= 0.6 is 27.5 Å². The molecule has 0 unspecified atom stereocenters. The van der Waals surface area contributed by atoms with E-state index in [-0.39, 0.29) is 12.1 Å². The second-order valence-corrected chi connectivity index (χ2v) is 8.86. The fourth-order valence-electron chi connectivity index (χ4n) is 3.59. The highest BCUT2D eigenvalue weighted by atomic mass is 79.9. The number of rotatable bonds is 8. The largest absolute Gasteiger partial charge is 0.486 e. The molecule has 0 aromatic heterocycles. The van der Waals surface area contributed by atoms with Crippen molar-refractivity contribution in [2.75, 3.05) is 0 Å². The Morgan fingerprint density at radius 1 is 1.06 bits per heavy atom. The molecule has 0 saturated carbocycles. The van der Waals surface area contributed by atoms with Crippen LogP contribution in [0.25, 0.3) is 10.8 Å². The number of hydrazone groups is 1. The number of carbonyl (C=O) groups excluding carboxylic acids is 1. The summed E-state index contributed by atoms with van der Waals surface area (Å²) in [6.07, 6.45) is 1.27. The number of amides is 1. The van der Waals surface area contributed by atoms with Crippen LogP contribution in [0, 0.1) is 10.1 Å². The minimum absolute atomic E-state index is 0.110. The fraction of sp³-hybridized carbons (Fsp3) is 0.0769. The van der Waals surface area contributed by atoms with Crippen molar-refractivity contribution >= 4 is 56.1 Å². The molecule has 35 heavy (non-hydrogen) atoms. The van der Waals surface area contributed by atoms with E-state index in [4.69, 9.17) is 16.3 Å². The number of halogens is 2. The van der Waals surface area contributed by atoms with Crippen LogP contribution in [0.5, 0.6) is 5.75 Å². The van der Waals surface area contributed by atoms with Crippen molar-refractivity contribution in [3.8, 4) is 5.75 Å². The van der Waals surface area contributed by atoms with E-state index in [1.807, 2.05) is 24.3 Å². The van der Waals surface area contributed by atoms with Crippen molar-refractivity contribution in [1.82, 2.24) is 5.43 Å². The van der Waals surface area contributed by atoms with Crippen LogP contribution in [0.15, 0.2) is 88.4 Å². The van der Waals surface area contributed by atoms with Gasteiger partial charge in [0.25, 0.3) is 5.69 Å². The smallest absolute Gasteiger partial charge is 0.273 e. The van der Waals surface area contributed by atoms with E-state index in [1.54, 1.807) is 24.3 Å². The average molecular weight is 553 g/mol. The Balaban J connectivity index is 1.40. The second-order valence-electron chi connectivity index (χ2n) is 7.60. The number of hydrogen-bond acceptors (Lipinski definition) is 5. The SMILES string of the molecule is O=C(Cc1ccccc1[N+](=O)[O-])N/N=C/c1cc(Cl)c(OCc2cccc3ccccc23)c(Br)c1. The highest BCUT2D eigenvalue weighted by Crippen LogP contribution is 2.35. The van der Waals surface area contributed by atoms with E-state index < -0.39 is 10.8 Å². The zero-order valence-corrected chi connectivity index (χ0v) is 20.6. The number of ether oxygens (including phenoxy) is 1. The summed E-state index contributed by atoms with van der Waals surface area (Å²) < 4.78 is 6.65. The van der Waals surface area contributed by atoms with Gasteiger partial charge in [0, 0.05) is 11.6 Å². The van der Waals surface area contributed by atoms with Gasteiger partial charge in [-0.2, -0.15) is 5.10 Å². The first-order valence-corrected chi connectivity index (χ1v) is 11.7. The first kappa shape index (κ1) is 24.4. The summed E-state index contributed by atoms with van der Waals surface area (Å²) in [5.41, 5.74) is 4.25. The van der Waals surface area contributed by atoms with Gasteiger partial charge in [-0.1, -0.05) is 72.3 Å². The van der Waals surface area contributed by atoms with Gasteiger partial charge in [0.15, 0.2) is 5.75 Å². The van der Waals surface area contributed by atoms with Gasteiger partial charge in [0.05, 0.1) is 27.1 Å². The molecule has 0 aliphatic carbocycles. The number of nitrogens with one attached hydrogen (secondary N) is 1. The highest BCUT2D eigenvalue weighted by molar-refractivity contribution is 9.10. The third-order valence-corrected chi connectivity index (χ3v) is 6.08. The molecule has 0 fully saturated rings. The predicted molar refractivity (Wildman–Crippen MR) is 140 cm³/mol. The summed E-state index contributed by atoms with van der Waals surface area (Å²) in [7, 11) is 0. The minimum Gasteiger partial charge on any atom is -0.486 e. The van der Waals surface area contributed by atoms with Gasteiger partial charge in [0.1, 0.15) is 6.61 Å². The summed E-state index contributed by atoms with van der Waals surface area (Å²) in [4.78, 5) is 22.8. The van der Waals surface area contributed by atoms with E-state index >= 15 is 0 Å². The molecule has 4 aromatic carbocycles. The van der Waals surface area contributed by atoms with Crippen molar-refractivity contribution in [2.45, 2.75) is 13.0 Å². The van der Waals surface area contributed by atoms with Crippen LogP contribution in [0.3, 0.4) is 0 Å². The standard InChI is InChI=1S/C26H19BrClN3O4/c27-22-12-17(15-29-30-25(32)14-19-7-2-4-11-24(19)31(33)34)13-23(28)26(22)35-16-20-9-5-8-18-6-1-3-10-21(18)20/h1-13,15H,14,16H2,(H,30,32)/b29-15+. The van der Waals surface area contributed by atoms with E-state index in [2.05, 4.69) is 44.7 Å². The van der Waals surface area contributed by atoms with Gasteiger partial charge in [-0.15, -0.1) is 0 Å². The lowest BCUT2D eigenvalue weighted by Gasteiger charge is -2.12. The highest BCUT2D eigenvalue weighted by Gasteiger charge is 2.15. The summed E-state index contributed by atoms with van der Waals surface area (Å²) in [5, 5.41) is 17.7. The molecule has 7 nitrogen and oxygen atoms in total. The van der Waals surface area contributed by atoms with Crippen molar-refractivity contribution in [3.05, 3.63) is 115 Å². The van der Waals surface area contributed by atoms with E-state index in [1.165, 1.54) is 18.3 Å². The van der Waals surface area contributed by atoms with Crippen molar-refractivity contribution < 1.29 is 14.5 Å². The summed E-state index contributed by atoms with van der Waals surface area (Å²) in [6, 6.07) is 23.7. The molecule has 1 amide bonds. The monoisotopic (exact) mass is 551 g/mol. The Bertz CT molecular complexity index is 1410. The van der Waals surface area contributed by atoms with Gasteiger partial charge in [-0.3, -0.25) is 14.9 Å². The lowest BCUT2D eigenvalue weighted by molar-refractivity contribution is -0.385. The van der Waals surface area contributed by atoms with Crippen LogP contribution in [-0.2, 0) is 17.8 Å². The molecule has 0 saturated heterocycles. The Kier molecular flexibility index (Phi) is 7.74. The zero-order valence-electron chi connectivity index (χ0n) is 18.3.